The molecule has 3 rings (SSSR count). The van der Waals surface area contributed by atoms with Gasteiger partial charge in [-0.1, -0.05) is 30.3 Å². The highest BCUT2D eigenvalue weighted by Gasteiger charge is 2.12. The highest BCUT2D eigenvalue weighted by molar-refractivity contribution is 5.67. The molecule has 1 heterocycles. The van der Waals surface area contributed by atoms with E-state index in [1.54, 1.807) is 0 Å². The highest BCUT2D eigenvalue weighted by Crippen LogP contribution is 2.27. The molecule has 0 bridgehead atoms. The van der Waals surface area contributed by atoms with E-state index in [2.05, 4.69) is 79.3 Å². The van der Waals surface area contributed by atoms with Crippen molar-refractivity contribution in [3.8, 4) is 11.1 Å². The molecule has 2 aromatic rings. The lowest BCUT2D eigenvalue weighted by Crippen LogP contribution is -2.36. The fourth-order valence-corrected chi connectivity index (χ4v) is 2.96. The summed E-state index contributed by atoms with van der Waals surface area (Å²) in [4.78, 5) is 4.62. The van der Waals surface area contributed by atoms with Gasteiger partial charge in [0.2, 0.25) is 0 Å². The van der Waals surface area contributed by atoms with Crippen LogP contribution in [0.2, 0.25) is 0 Å². The third kappa shape index (κ3) is 3.74. The third-order valence-corrected chi connectivity index (χ3v) is 4.72. The summed E-state index contributed by atoms with van der Waals surface area (Å²) in [6, 6.07) is 18.2. The van der Waals surface area contributed by atoms with Gasteiger partial charge in [-0.2, -0.15) is 0 Å². The molecule has 0 aromatic heterocycles. The van der Waals surface area contributed by atoms with Crippen molar-refractivity contribution in [2.24, 2.45) is 0 Å². The molecule has 1 fully saturated rings. The number of hydrogen-bond acceptors (Lipinski definition) is 3. The van der Waals surface area contributed by atoms with Crippen molar-refractivity contribution >= 4 is 5.69 Å². The molecule has 1 aliphatic heterocycles. The molecule has 3 heteroatoms. The first-order valence-electron chi connectivity index (χ1n) is 8.34. The molecule has 0 unspecified atom stereocenters. The van der Waals surface area contributed by atoms with Crippen LogP contribution in [0.15, 0.2) is 48.5 Å². The van der Waals surface area contributed by atoms with Gasteiger partial charge in [-0.3, -0.25) is 0 Å². The van der Waals surface area contributed by atoms with Crippen LogP contribution in [-0.4, -0.2) is 45.3 Å². The molecule has 23 heavy (non-hydrogen) atoms. The van der Waals surface area contributed by atoms with Crippen LogP contribution in [0.4, 0.5) is 5.69 Å². The van der Waals surface area contributed by atoms with Crippen LogP contribution in [0.3, 0.4) is 0 Å². The minimum Gasteiger partial charge on any atom is -0.378 e. The quantitative estimate of drug-likeness (QED) is 0.854. The average molecular weight is 310 g/mol. The molecule has 0 N–H and O–H groups in total. The first kappa shape index (κ1) is 16.0. The van der Waals surface area contributed by atoms with Crippen LogP contribution in [0.1, 0.15) is 18.5 Å². The molecular weight excluding hydrogens is 284 g/mol. The third-order valence-electron chi connectivity index (χ3n) is 4.72. The number of rotatable bonds is 4. The van der Waals surface area contributed by atoms with E-state index in [1.165, 1.54) is 22.4 Å². The maximum Gasteiger partial charge on any atom is 0.0642 e. The molecule has 1 aliphatic rings. The monoisotopic (exact) mass is 310 g/mol. The fourth-order valence-electron chi connectivity index (χ4n) is 2.96. The SMILES string of the molecule is C[C@@H](c1cccc(-c2ccc(N3CCOCC3)cc2)c1)N(C)C. The van der Waals surface area contributed by atoms with Crippen molar-refractivity contribution < 1.29 is 4.74 Å². The normalized spacial score (nSPS) is 16.6. The highest BCUT2D eigenvalue weighted by atomic mass is 16.5. The van der Waals surface area contributed by atoms with Crippen LogP contribution < -0.4 is 4.90 Å². The minimum absolute atomic E-state index is 0.419. The van der Waals surface area contributed by atoms with E-state index in [0.29, 0.717) is 6.04 Å². The number of ether oxygens (including phenoxy) is 1. The molecule has 0 radical (unpaired) electrons. The van der Waals surface area contributed by atoms with Crippen LogP contribution in [-0.2, 0) is 4.74 Å². The van der Waals surface area contributed by atoms with Gasteiger partial charge < -0.3 is 14.5 Å². The van der Waals surface area contributed by atoms with Crippen molar-refractivity contribution in [3.05, 3.63) is 54.1 Å². The summed E-state index contributed by atoms with van der Waals surface area (Å²) in [7, 11) is 4.24. The van der Waals surface area contributed by atoms with Gasteiger partial charge in [0.25, 0.3) is 0 Å². The van der Waals surface area contributed by atoms with Gasteiger partial charge in [0.05, 0.1) is 13.2 Å². The van der Waals surface area contributed by atoms with Gasteiger partial charge >= 0.3 is 0 Å². The van der Waals surface area contributed by atoms with E-state index < -0.39 is 0 Å². The van der Waals surface area contributed by atoms with Crippen molar-refractivity contribution in [2.75, 3.05) is 45.3 Å². The topological polar surface area (TPSA) is 15.7 Å². The summed E-state index contributed by atoms with van der Waals surface area (Å²) >= 11 is 0. The molecule has 1 saturated heterocycles. The first-order chi connectivity index (χ1) is 11.1. The Bertz CT molecular complexity index is 630. The van der Waals surface area contributed by atoms with Crippen molar-refractivity contribution in [3.63, 3.8) is 0 Å². The molecule has 0 saturated carbocycles. The number of nitrogens with zero attached hydrogens (tertiary/aromatic N) is 2. The van der Waals surface area contributed by atoms with E-state index in [9.17, 15) is 0 Å². The molecule has 0 spiro atoms. The molecule has 122 valence electrons. The van der Waals surface area contributed by atoms with Gasteiger partial charge in [-0.15, -0.1) is 0 Å². The zero-order valence-electron chi connectivity index (χ0n) is 14.3. The Labute approximate surface area is 139 Å². The second-order valence-corrected chi connectivity index (χ2v) is 6.41. The zero-order valence-corrected chi connectivity index (χ0v) is 14.3. The lowest BCUT2D eigenvalue weighted by Gasteiger charge is -2.29. The maximum absolute atomic E-state index is 5.42. The van der Waals surface area contributed by atoms with Crippen LogP contribution in [0, 0.1) is 0 Å². The Hall–Kier alpha value is -1.84. The second kappa shape index (κ2) is 7.16. The first-order valence-corrected chi connectivity index (χ1v) is 8.34. The van der Waals surface area contributed by atoms with Crippen molar-refractivity contribution in [1.29, 1.82) is 0 Å². The Morgan fingerprint density at radius 1 is 0.957 bits per heavy atom. The van der Waals surface area contributed by atoms with E-state index in [1.807, 2.05) is 0 Å². The molecule has 2 aromatic carbocycles. The van der Waals surface area contributed by atoms with Crippen molar-refractivity contribution in [2.45, 2.75) is 13.0 Å². The van der Waals surface area contributed by atoms with Crippen LogP contribution >= 0.6 is 0 Å². The zero-order chi connectivity index (χ0) is 16.2. The number of morpholine rings is 1. The number of benzene rings is 2. The summed E-state index contributed by atoms with van der Waals surface area (Å²) in [5.74, 6) is 0. The standard InChI is InChI=1S/C20H26N2O/c1-16(21(2)3)18-5-4-6-19(15-18)17-7-9-20(10-8-17)22-11-13-23-14-12-22/h4-10,15-16H,11-14H2,1-3H3/t16-/m0/s1. The maximum atomic E-state index is 5.42. The summed E-state index contributed by atoms with van der Waals surface area (Å²) in [5.41, 5.74) is 5.19. The van der Waals surface area contributed by atoms with Gasteiger partial charge in [0.15, 0.2) is 0 Å². The lowest BCUT2D eigenvalue weighted by molar-refractivity contribution is 0.122. The second-order valence-electron chi connectivity index (χ2n) is 6.41. The number of hydrogen-bond donors (Lipinski definition) is 0. The van der Waals surface area contributed by atoms with Gasteiger partial charge in [-0.25, -0.2) is 0 Å². The smallest absolute Gasteiger partial charge is 0.0642 e. The summed E-state index contributed by atoms with van der Waals surface area (Å²) < 4.78 is 5.42. The molecule has 0 aliphatic carbocycles. The summed E-state index contributed by atoms with van der Waals surface area (Å²) in [5, 5.41) is 0. The predicted octanol–water partition coefficient (Wildman–Crippen LogP) is 3.81. The summed E-state index contributed by atoms with van der Waals surface area (Å²) in [6.45, 7) is 5.85. The Morgan fingerprint density at radius 2 is 1.65 bits per heavy atom. The van der Waals surface area contributed by atoms with Gasteiger partial charge in [0, 0.05) is 24.8 Å². The Balaban J connectivity index is 1.80. The molecule has 0 amide bonds. The molecule has 1 atom stereocenters. The number of anilines is 1. The van der Waals surface area contributed by atoms with E-state index in [0.717, 1.165) is 26.3 Å². The molecular formula is C20H26N2O. The van der Waals surface area contributed by atoms with Crippen LogP contribution in [0.25, 0.3) is 11.1 Å². The fraction of sp³-hybridized carbons (Fsp3) is 0.400. The molecule has 3 nitrogen and oxygen atoms in total. The Kier molecular flexibility index (Phi) is 4.99. The van der Waals surface area contributed by atoms with Crippen molar-refractivity contribution in [1.82, 2.24) is 4.90 Å². The summed E-state index contributed by atoms with van der Waals surface area (Å²) in [6.07, 6.45) is 0. The van der Waals surface area contributed by atoms with Gasteiger partial charge in [-0.05, 0) is 55.9 Å². The van der Waals surface area contributed by atoms with E-state index in [-0.39, 0.29) is 0 Å². The largest absolute Gasteiger partial charge is 0.378 e. The van der Waals surface area contributed by atoms with E-state index >= 15 is 0 Å². The Morgan fingerprint density at radius 3 is 2.30 bits per heavy atom. The lowest BCUT2D eigenvalue weighted by atomic mass is 9.99. The predicted molar refractivity (Wildman–Crippen MR) is 97.0 cm³/mol. The van der Waals surface area contributed by atoms with Gasteiger partial charge in [0.1, 0.15) is 0 Å². The average Bonchev–Trinajstić information content (AvgIpc) is 2.62. The van der Waals surface area contributed by atoms with E-state index in [4.69, 9.17) is 4.74 Å². The minimum atomic E-state index is 0.419. The van der Waals surface area contributed by atoms with Crippen LogP contribution in [0.5, 0.6) is 0 Å².